The molecule has 5 rings (SSSR count). The zero-order valence-corrected chi connectivity index (χ0v) is 22.4. The third-order valence-electron chi connectivity index (χ3n) is 6.54. The van der Waals surface area contributed by atoms with Gasteiger partial charge in [-0.15, -0.1) is 0 Å². The molecule has 1 aromatic heterocycles. The quantitative estimate of drug-likeness (QED) is 0.196. The van der Waals surface area contributed by atoms with Crippen LogP contribution >= 0.6 is 0 Å². The van der Waals surface area contributed by atoms with Gasteiger partial charge in [0, 0.05) is 6.42 Å². The number of amides is 1. The van der Waals surface area contributed by atoms with Gasteiger partial charge in [-0.1, -0.05) is 65.8 Å². The number of nitrogens with one attached hydrogen (secondary N) is 1. The second-order valence-electron chi connectivity index (χ2n) is 9.64. The third-order valence-corrected chi connectivity index (χ3v) is 6.54. The lowest BCUT2D eigenvalue weighted by atomic mass is 10.00. The van der Waals surface area contributed by atoms with Gasteiger partial charge >= 0.3 is 6.18 Å². The molecule has 214 valence electrons. The molecule has 4 aromatic carbocycles. The maximum Gasteiger partial charge on any atom is 0.416 e. The maximum absolute atomic E-state index is 13.4. The first-order valence-electron chi connectivity index (χ1n) is 13.0. The average Bonchev–Trinajstić information content (AvgIpc) is 3.43. The van der Waals surface area contributed by atoms with E-state index in [1.165, 1.54) is 30.3 Å². The van der Waals surface area contributed by atoms with Crippen LogP contribution in [0.25, 0.3) is 11.1 Å². The van der Waals surface area contributed by atoms with E-state index in [-0.39, 0.29) is 17.2 Å². The summed E-state index contributed by atoms with van der Waals surface area (Å²) in [5, 5.41) is 17.2. The van der Waals surface area contributed by atoms with Gasteiger partial charge in [-0.25, -0.2) is 0 Å². The van der Waals surface area contributed by atoms with Crippen molar-refractivity contribution in [2.75, 3.05) is 0 Å². The van der Waals surface area contributed by atoms with Crippen molar-refractivity contribution in [1.82, 2.24) is 15.5 Å². The van der Waals surface area contributed by atoms with Gasteiger partial charge < -0.3 is 19.7 Å². The maximum atomic E-state index is 13.4. The van der Waals surface area contributed by atoms with Crippen LogP contribution in [0.3, 0.4) is 0 Å². The number of benzene rings is 4. The summed E-state index contributed by atoms with van der Waals surface area (Å²) in [6.07, 6.45) is -4.16. The van der Waals surface area contributed by atoms with Crippen LogP contribution in [-0.2, 0) is 19.2 Å². The van der Waals surface area contributed by atoms with Crippen LogP contribution in [0.5, 0.6) is 11.5 Å². The Morgan fingerprint density at radius 1 is 0.929 bits per heavy atom. The van der Waals surface area contributed by atoms with Crippen LogP contribution in [-0.4, -0.2) is 21.2 Å². The van der Waals surface area contributed by atoms with E-state index in [0.29, 0.717) is 35.7 Å². The number of aromatic hydroxyl groups is 1. The molecular formula is C32H26F3N3O4. The highest BCUT2D eigenvalue weighted by molar-refractivity contribution is 5.98. The largest absolute Gasteiger partial charge is 0.507 e. The zero-order chi connectivity index (χ0) is 29.7. The highest BCUT2D eigenvalue weighted by Crippen LogP contribution is 2.32. The van der Waals surface area contributed by atoms with Gasteiger partial charge in [0.2, 0.25) is 5.89 Å². The summed E-state index contributed by atoms with van der Waals surface area (Å²) in [7, 11) is 0. The number of carbonyl (C=O) groups is 1. The van der Waals surface area contributed by atoms with Gasteiger partial charge in [0.25, 0.3) is 5.91 Å². The summed E-state index contributed by atoms with van der Waals surface area (Å²) in [5.41, 5.74) is 1.97. The molecule has 42 heavy (non-hydrogen) atoms. The second kappa shape index (κ2) is 12.2. The normalized spacial score (nSPS) is 12.1. The Balaban J connectivity index is 1.32. The Kier molecular flexibility index (Phi) is 8.24. The van der Waals surface area contributed by atoms with Crippen molar-refractivity contribution < 1.29 is 32.3 Å². The molecule has 0 saturated heterocycles. The fraction of sp³-hybridized carbons (Fsp3) is 0.156. The van der Waals surface area contributed by atoms with E-state index in [9.17, 15) is 23.1 Å². The summed E-state index contributed by atoms with van der Waals surface area (Å²) in [4.78, 5) is 17.6. The Bertz CT molecular complexity index is 1650. The van der Waals surface area contributed by atoms with Crippen LogP contribution in [0.2, 0.25) is 0 Å². The molecule has 0 aliphatic carbocycles. The van der Waals surface area contributed by atoms with Crippen LogP contribution in [0, 0.1) is 6.92 Å². The van der Waals surface area contributed by atoms with Gasteiger partial charge in [-0.2, -0.15) is 18.2 Å². The summed E-state index contributed by atoms with van der Waals surface area (Å²) in [6.45, 7) is 2.08. The minimum absolute atomic E-state index is 0.0571. The molecule has 10 heteroatoms. The summed E-state index contributed by atoms with van der Waals surface area (Å²) in [6, 6.07) is 25.3. The number of nitrogens with zero attached hydrogens (tertiary/aromatic N) is 2. The molecule has 0 fully saturated rings. The van der Waals surface area contributed by atoms with Crippen LogP contribution in [0.4, 0.5) is 13.2 Å². The van der Waals surface area contributed by atoms with E-state index in [1.807, 2.05) is 54.6 Å². The summed E-state index contributed by atoms with van der Waals surface area (Å²) in [5.74, 6) is 0.347. The molecule has 0 aliphatic heterocycles. The van der Waals surface area contributed by atoms with Gasteiger partial charge in [-0.05, 0) is 65.6 Å². The zero-order valence-electron chi connectivity index (χ0n) is 22.4. The first kappa shape index (κ1) is 28.4. The van der Waals surface area contributed by atoms with Gasteiger partial charge in [-0.3, -0.25) is 4.79 Å². The third kappa shape index (κ3) is 6.95. The van der Waals surface area contributed by atoms with Gasteiger partial charge in [0.15, 0.2) is 5.82 Å². The van der Waals surface area contributed by atoms with E-state index in [0.717, 1.165) is 23.3 Å². The molecule has 0 aliphatic rings. The lowest BCUT2D eigenvalue weighted by molar-refractivity contribution is -0.137. The number of ether oxygens (including phenoxy) is 1. The molecule has 5 aromatic rings. The number of carbonyl (C=O) groups excluding carboxylic acids is 1. The number of hydrogen-bond donors (Lipinski definition) is 2. The van der Waals surface area contributed by atoms with Crippen LogP contribution in [0.1, 0.15) is 44.8 Å². The number of aromatic nitrogens is 2. The molecule has 0 unspecified atom stereocenters. The fourth-order valence-corrected chi connectivity index (χ4v) is 4.34. The Morgan fingerprint density at radius 2 is 1.62 bits per heavy atom. The molecule has 0 saturated carbocycles. The molecule has 0 bridgehead atoms. The molecule has 2 N–H and O–H groups in total. The van der Waals surface area contributed by atoms with Crippen molar-refractivity contribution >= 4 is 5.91 Å². The topological polar surface area (TPSA) is 97.5 Å². The smallest absolute Gasteiger partial charge is 0.416 e. The number of hydrogen-bond acceptors (Lipinski definition) is 6. The van der Waals surface area contributed by atoms with Crippen molar-refractivity contribution in [3.63, 3.8) is 0 Å². The highest BCUT2D eigenvalue weighted by atomic mass is 19.4. The van der Waals surface area contributed by atoms with E-state index in [2.05, 4.69) is 15.5 Å². The summed E-state index contributed by atoms with van der Waals surface area (Å²) >= 11 is 0. The minimum atomic E-state index is -4.46. The Morgan fingerprint density at radius 3 is 2.26 bits per heavy atom. The molecule has 1 amide bonds. The number of phenols is 1. The van der Waals surface area contributed by atoms with E-state index in [1.54, 1.807) is 6.92 Å². The Labute approximate surface area is 239 Å². The summed E-state index contributed by atoms with van der Waals surface area (Å²) < 4.78 is 50.1. The standard InChI is InChI=1S/C32H26F3N3O4/c1-20-36-31(42-38-20)28(17-21-7-14-26(15-8-21)41-19-22-5-3-2-4-6-22)37-30(40)27-18-24(11-16-29(27)39)23-9-12-25(13-10-23)32(33,34)35/h2-16,18,28,39H,17,19H2,1H3,(H,37,40)/t28-/m1/s1. The van der Waals surface area contributed by atoms with Crippen molar-refractivity contribution in [3.05, 3.63) is 131 Å². The predicted molar refractivity (Wildman–Crippen MR) is 149 cm³/mol. The van der Waals surface area contributed by atoms with E-state index >= 15 is 0 Å². The number of aryl methyl sites for hydroxylation is 1. The molecular weight excluding hydrogens is 547 g/mol. The fourth-order valence-electron chi connectivity index (χ4n) is 4.34. The highest BCUT2D eigenvalue weighted by Gasteiger charge is 2.30. The van der Waals surface area contributed by atoms with Crippen molar-refractivity contribution in [1.29, 1.82) is 0 Å². The monoisotopic (exact) mass is 573 g/mol. The number of halogens is 3. The first-order valence-corrected chi connectivity index (χ1v) is 13.0. The number of alkyl halides is 3. The van der Waals surface area contributed by atoms with Crippen molar-refractivity contribution in [3.8, 4) is 22.6 Å². The lowest BCUT2D eigenvalue weighted by Gasteiger charge is -2.17. The Hall–Kier alpha value is -5.12. The lowest BCUT2D eigenvalue weighted by Crippen LogP contribution is -2.30. The SMILES string of the molecule is Cc1noc([C@@H](Cc2ccc(OCc3ccccc3)cc2)NC(=O)c2cc(-c3ccc(C(F)(F)F)cc3)ccc2O)n1. The van der Waals surface area contributed by atoms with Crippen LogP contribution in [0.15, 0.2) is 102 Å². The van der Waals surface area contributed by atoms with Crippen molar-refractivity contribution in [2.24, 2.45) is 0 Å². The first-order chi connectivity index (χ1) is 20.2. The molecule has 1 heterocycles. The van der Waals surface area contributed by atoms with E-state index in [4.69, 9.17) is 9.26 Å². The van der Waals surface area contributed by atoms with Gasteiger partial charge in [0.05, 0.1) is 11.1 Å². The van der Waals surface area contributed by atoms with E-state index < -0.39 is 23.7 Å². The van der Waals surface area contributed by atoms with Gasteiger partial charge in [0.1, 0.15) is 24.1 Å². The average molecular weight is 574 g/mol. The molecule has 7 nitrogen and oxygen atoms in total. The number of rotatable bonds is 9. The van der Waals surface area contributed by atoms with Crippen molar-refractivity contribution in [2.45, 2.75) is 32.2 Å². The second-order valence-corrected chi connectivity index (χ2v) is 9.64. The minimum Gasteiger partial charge on any atom is -0.507 e. The molecule has 1 atom stereocenters. The number of phenolic OH excluding ortho intramolecular Hbond substituents is 1. The molecule has 0 radical (unpaired) electrons. The molecule has 0 spiro atoms. The van der Waals surface area contributed by atoms with Crippen LogP contribution < -0.4 is 10.1 Å². The predicted octanol–water partition coefficient (Wildman–Crippen LogP) is 7.06.